The Morgan fingerprint density at radius 1 is 1.40 bits per heavy atom. The zero-order valence-corrected chi connectivity index (χ0v) is 6.06. The molecule has 2 heterocycles. The van der Waals surface area contributed by atoms with E-state index in [1.165, 1.54) is 4.70 Å². The van der Waals surface area contributed by atoms with Crippen LogP contribution in [0.25, 0.3) is 10.1 Å². The summed E-state index contributed by atoms with van der Waals surface area (Å²) in [6.45, 7) is 0. The molecule has 0 saturated carbocycles. The first-order chi connectivity index (χ1) is 4.88. The van der Waals surface area contributed by atoms with Crippen LogP contribution in [-0.2, 0) is 0 Å². The molecule has 2 N–H and O–H groups in total. The number of nitrogens with zero attached hydrogens (tertiary/aromatic N) is 1. The van der Waals surface area contributed by atoms with Crippen LogP contribution in [0.3, 0.4) is 0 Å². The number of rotatable bonds is 0. The average Bonchev–Trinajstić information content (AvgIpc) is 2.36. The summed E-state index contributed by atoms with van der Waals surface area (Å²) in [4.78, 5) is 3.96. The van der Waals surface area contributed by atoms with Crippen molar-refractivity contribution in [1.29, 1.82) is 0 Å². The molecule has 0 aromatic carbocycles. The second kappa shape index (κ2) is 1.95. The maximum absolute atomic E-state index is 5.60. The molecule has 3 heteroatoms. The fourth-order valence-electron chi connectivity index (χ4n) is 0.916. The summed E-state index contributed by atoms with van der Waals surface area (Å²) in [5, 5.41) is 3.08. The zero-order valence-electron chi connectivity index (χ0n) is 5.24. The molecule has 0 aliphatic heterocycles. The van der Waals surface area contributed by atoms with Crippen molar-refractivity contribution in [3.8, 4) is 0 Å². The molecular weight excluding hydrogens is 144 g/mol. The molecule has 0 amide bonds. The van der Waals surface area contributed by atoms with Crippen molar-refractivity contribution in [3.63, 3.8) is 0 Å². The lowest BCUT2D eigenvalue weighted by atomic mass is 10.3. The average molecular weight is 150 g/mol. The molecule has 2 nitrogen and oxygen atoms in total. The number of hydrogen-bond acceptors (Lipinski definition) is 3. The van der Waals surface area contributed by atoms with Crippen LogP contribution in [0.15, 0.2) is 23.7 Å². The molecule has 0 atom stereocenters. The zero-order chi connectivity index (χ0) is 6.97. The van der Waals surface area contributed by atoms with Crippen LogP contribution in [0.1, 0.15) is 0 Å². The minimum Gasteiger partial charge on any atom is -0.383 e. The number of nitrogen functional groups attached to an aromatic ring is 1. The molecular formula is C7H6N2S. The number of thiophene rings is 1. The number of nitrogens with two attached hydrogens (primary N) is 1. The molecule has 0 fully saturated rings. The van der Waals surface area contributed by atoms with E-state index in [1.807, 2.05) is 17.5 Å². The molecule has 50 valence electrons. The Kier molecular flexibility index (Phi) is 1.11. The van der Waals surface area contributed by atoms with Crippen molar-refractivity contribution in [1.82, 2.24) is 4.98 Å². The Bertz CT molecular complexity index is 353. The molecule has 2 aromatic heterocycles. The van der Waals surface area contributed by atoms with Crippen molar-refractivity contribution >= 4 is 27.2 Å². The number of pyridine rings is 1. The van der Waals surface area contributed by atoms with Crippen molar-refractivity contribution in [2.45, 2.75) is 0 Å². The Morgan fingerprint density at radius 3 is 3.10 bits per heavy atom. The van der Waals surface area contributed by atoms with Gasteiger partial charge in [0.1, 0.15) is 5.82 Å². The van der Waals surface area contributed by atoms with E-state index in [2.05, 4.69) is 4.98 Å². The van der Waals surface area contributed by atoms with Gasteiger partial charge in [0.25, 0.3) is 0 Å². The molecule has 0 bridgehead atoms. The van der Waals surface area contributed by atoms with E-state index < -0.39 is 0 Å². The van der Waals surface area contributed by atoms with Gasteiger partial charge in [-0.05, 0) is 17.5 Å². The quantitative estimate of drug-likeness (QED) is 0.622. The van der Waals surface area contributed by atoms with Gasteiger partial charge in [0.2, 0.25) is 0 Å². The fraction of sp³-hybridized carbons (Fsp3) is 0. The minimum atomic E-state index is 0.624. The van der Waals surface area contributed by atoms with Gasteiger partial charge in [0.15, 0.2) is 0 Å². The first-order valence-electron chi connectivity index (χ1n) is 2.95. The van der Waals surface area contributed by atoms with Gasteiger partial charge in [0.05, 0.1) is 0 Å². The van der Waals surface area contributed by atoms with E-state index in [4.69, 9.17) is 5.73 Å². The van der Waals surface area contributed by atoms with Crippen LogP contribution >= 0.6 is 11.3 Å². The smallest absolute Gasteiger partial charge is 0.132 e. The van der Waals surface area contributed by atoms with Gasteiger partial charge in [-0.2, -0.15) is 0 Å². The molecule has 2 aromatic rings. The molecule has 0 saturated heterocycles. The predicted octanol–water partition coefficient (Wildman–Crippen LogP) is 1.88. The van der Waals surface area contributed by atoms with Crippen LogP contribution in [0.2, 0.25) is 0 Å². The molecule has 0 unspecified atom stereocenters. The lowest BCUT2D eigenvalue weighted by Gasteiger charge is -1.91. The van der Waals surface area contributed by atoms with Gasteiger partial charge < -0.3 is 5.73 Å². The lowest BCUT2D eigenvalue weighted by molar-refractivity contribution is 1.38. The monoisotopic (exact) mass is 150 g/mol. The maximum Gasteiger partial charge on any atom is 0.132 e. The Morgan fingerprint density at radius 2 is 2.30 bits per heavy atom. The maximum atomic E-state index is 5.60. The summed E-state index contributed by atoms with van der Waals surface area (Å²) < 4.78 is 1.20. The molecule has 0 aliphatic rings. The van der Waals surface area contributed by atoms with E-state index in [9.17, 15) is 0 Å². The molecule has 10 heavy (non-hydrogen) atoms. The fourth-order valence-corrected chi connectivity index (χ4v) is 1.71. The highest BCUT2D eigenvalue weighted by Gasteiger charge is 1.96. The van der Waals surface area contributed by atoms with Gasteiger partial charge in [-0.25, -0.2) is 4.98 Å². The van der Waals surface area contributed by atoms with E-state index in [1.54, 1.807) is 17.5 Å². The summed E-state index contributed by atoms with van der Waals surface area (Å²) in [6, 6.07) is 3.96. The van der Waals surface area contributed by atoms with Gasteiger partial charge in [-0.15, -0.1) is 11.3 Å². The van der Waals surface area contributed by atoms with Crippen molar-refractivity contribution in [3.05, 3.63) is 23.7 Å². The third-order valence-electron chi connectivity index (χ3n) is 1.41. The van der Waals surface area contributed by atoms with Gasteiger partial charge >= 0.3 is 0 Å². The second-order valence-corrected chi connectivity index (χ2v) is 2.98. The molecule has 2 rings (SSSR count). The normalized spacial score (nSPS) is 10.4. The van der Waals surface area contributed by atoms with Crippen molar-refractivity contribution < 1.29 is 0 Å². The van der Waals surface area contributed by atoms with Crippen LogP contribution < -0.4 is 5.73 Å². The third kappa shape index (κ3) is 0.675. The number of anilines is 1. The summed E-state index contributed by atoms with van der Waals surface area (Å²) >= 11 is 1.68. The molecule has 0 aliphatic carbocycles. The number of aromatic nitrogens is 1. The van der Waals surface area contributed by atoms with Gasteiger partial charge in [0, 0.05) is 16.3 Å². The Hall–Kier alpha value is -1.09. The van der Waals surface area contributed by atoms with E-state index >= 15 is 0 Å². The van der Waals surface area contributed by atoms with Crippen molar-refractivity contribution in [2.24, 2.45) is 0 Å². The highest BCUT2D eigenvalue weighted by atomic mass is 32.1. The van der Waals surface area contributed by atoms with Crippen LogP contribution in [0, 0.1) is 0 Å². The first-order valence-corrected chi connectivity index (χ1v) is 3.83. The highest BCUT2D eigenvalue weighted by molar-refractivity contribution is 7.17. The van der Waals surface area contributed by atoms with Crippen LogP contribution in [0.5, 0.6) is 0 Å². The third-order valence-corrected chi connectivity index (χ3v) is 2.29. The standard InChI is InChI=1S/C7H6N2S/c8-7-5-2-4-10-6(5)1-3-9-7/h1-4H,(H2,8,9). The van der Waals surface area contributed by atoms with Crippen LogP contribution in [0.4, 0.5) is 5.82 Å². The first kappa shape index (κ1) is 5.68. The van der Waals surface area contributed by atoms with Crippen LogP contribution in [-0.4, -0.2) is 4.98 Å². The number of hydrogen-bond donors (Lipinski definition) is 1. The van der Waals surface area contributed by atoms with Gasteiger partial charge in [-0.1, -0.05) is 0 Å². The van der Waals surface area contributed by atoms with Gasteiger partial charge in [-0.3, -0.25) is 0 Å². The van der Waals surface area contributed by atoms with E-state index in [0.717, 1.165) is 5.39 Å². The summed E-state index contributed by atoms with van der Waals surface area (Å²) in [5.41, 5.74) is 5.60. The van der Waals surface area contributed by atoms with Crippen molar-refractivity contribution in [2.75, 3.05) is 5.73 Å². The Labute approximate surface area is 62.3 Å². The minimum absolute atomic E-state index is 0.624. The largest absolute Gasteiger partial charge is 0.383 e. The highest BCUT2D eigenvalue weighted by Crippen LogP contribution is 2.23. The molecule has 0 spiro atoms. The summed E-state index contributed by atoms with van der Waals surface area (Å²) in [7, 11) is 0. The summed E-state index contributed by atoms with van der Waals surface area (Å²) in [6.07, 6.45) is 1.73. The Balaban J connectivity index is 2.95. The summed E-state index contributed by atoms with van der Waals surface area (Å²) in [5.74, 6) is 0.624. The van der Waals surface area contributed by atoms with E-state index in [0.29, 0.717) is 5.82 Å². The van der Waals surface area contributed by atoms with E-state index in [-0.39, 0.29) is 0 Å². The number of fused-ring (bicyclic) bond motifs is 1. The topological polar surface area (TPSA) is 38.9 Å². The molecule has 0 radical (unpaired) electrons. The SMILES string of the molecule is Nc1nccc2sccc12. The predicted molar refractivity (Wildman–Crippen MR) is 44.0 cm³/mol. The second-order valence-electron chi connectivity index (χ2n) is 2.03. The lowest BCUT2D eigenvalue weighted by Crippen LogP contribution is -1.87.